The number of carbonyl (C=O) groups excluding carboxylic acids is 2. The van der Waals surface area contributed by atoms with Crippen LogP contribution in [0.4, 0.5) is 5.69 Å². The number of nitrogens with one attached hydrogen (secondary N) is 1. The Morgan fingerprint density at radius 2 is 1.66 bits per heavy atom. The van der Waals surface area contributed by atoms with Crippen LogP contribution in [0.15, 0.2) is 53.4 Å². The van der Waals surface area contributed by atoms with Crippen molar-refractivity contribution in [2.75, 3.05) is 52.1 Å². The molecule has 9 heteroatoms. The van der Waals surface area contributed by atoms with Crippen molar-refractivity contribution in [3.63, 3.8) is 0 Å². The SMILES string of the molecule is Cc1ccc(CC(=O)N2CCN(CC(=O)Nc3cccc(S(=O)(=O)N(C)C)c3)CC2)cc1. The molecule has 32 heavy (non-hydrogen) atoms. The van der Waals surface area contributed by atoms with Gasteiger partial charge in [-0.1, -0.05) is 35.9 Å². The van der Waals surface area contributed by atoms with Crippen LogP contribution in [-0.2, 0) is 26.0 Å². The summed E-state index contributed by atoms with van der Waals surface area (Å²) in [5.74, 6) is -0.124. The van der Waals surface area contributed by atoms with Crippen LogP contribution in [0.2, 0.25) is 0 Å². The minimum absolute atomic E-state index is 0.0943. The topological polar surface area (TPSA) is 90.0 Å². The fourth-order valence-corrected chi connectivity index (χ4v) is 4.44. The smallest absolute Gasteiger partial charge is 0.242 e. The molecule has 0 radical (unpaired) electrons. The molecule has 0 bridgehead atoms. The van der Waals surface area contributed by atoms with Crippen molar-refractivity contribution in [3.05, 3.63) is 59.7 Å². The molecule has 2 amide bonds. The van der Waals surface area contributed by atoms with E-state index in [1.807, 2.05) is 41.0 Å². The average Bonchev–Trinajstić information content (AvgIpc) is 2.76. The number of benzene rings is 2. The quantitative estimate of drug-likeness (QED) is 0.680. The third-order valence-corrected chi connectivity index (χ3v) is 7.28. The molecule has 172 valence electrons. The van der Waals surface area contributed by atoms with Gasteiger partial charge in [0.05, 0.1) is 17.9 Å². The molecule has 0 aromatic heterocycles. The van der Waals surface area contributed by atoms with E-state index >= 15 is 0 Å². The van der Waals surface area contributed by atoms with Crippen LogP contribution in [-0.4, -0.2) is 81.2 Å². The van der Waals surface area contributed by atoms with Crippen molar-refractivity contribution in [2.45, 2.75) is 18.2 Å². The number of nitrogens with zero attached hydrogens (tertiary/aromatic N) is 3. The first-order chi connectivity index (χ1) is 15.1. The van der Waals surface area contributed by atoms with Gasteiger partial charge in [0.1, 0.15) is 0 Å². The Bertz CT molecular complexity index is 1060. The van der Waals surface area contributed by atoms with Crippen molar-refractivity contribution in [2.24, 2.45) is 0 Å². The summed E-state index contributed by atoms with van der Waals surface area (Å²) < 4.78 is 25.7. The molecule has 0 atom stereocenters. The monoisotopic (exact) mass is 458 g/mol. The van der Waals surface area contributed by atoms with Crippen LogP contribution in [0.3, 0.4) is 0 Å². The van der Waals surface area contributed by atoms with Gasteiger partial charge >= 0.3 is 0 Å². The van der Waals surface area contributed by atoms with Gasteiger partial charge in [-0.3, -0.25) is 14.5 Å². The lowest BCUT2D eigenvalue weighted by Gasteiger charge is -2.34. The third-order valence-electron chi connectivity index (χ3n) is 5.46. The van der Waals surface area contributed by atoms with Gasteiger partial charge in [-0.15, -0.1) is 0 Å². The van der Waals surface area contributed by atoms with Gasteiger partial charge in [-0.2, -0.15) is 0 Å². The summed E-state index contributed by atoms with van der Waals surface area (Å²) in [6.45, 7) is 4.58. The summed E-state index contributed by atoms with van der Waals surface area (Å²) >= 11 is 0. The van der Waals surface area contributed by atoms with Gasteiger partial charge in [-0.05, 0) is 30.7 Å². The van der Waals surface area contributed by atoms with E-state index in [1.54, 1.807) is 12.1 Å². The van der Waals surface area contributed by atoms with E-state index in [-0.39, 0.29) is 23.3 Å². The first-order valence-electron chi connectivity index (χ1n) is 10.5. The second-order valence-corrected chi connectivity index (χ2v) is 10.3. The molecule has 1 aliphatic rings. The Balaban J connectivity index is 1.48. The van der Waals surface area contributed by atoms with E-state index in [1.165, 1.54) is 31.8 Å². The van der Waals surface area contributed by atoms with Crippen LogP contribution in [0.1, 0.15) is 11.1 Å². The number of amides is 2. The second-order valence-electron chi connectivity index (χ2n) is 8.18. The summed E-state index contributed by atoms with van der Waals surface area (Å²) in [4.78, 5) is 29.0. The van der Waals surface area contributed by atoms with Crippen molar-refractivity contribution in [3.8, 4) is 0 Å². The molecule has 0 spiro atoms. The lowest BCUT2D eigenvalue weighted by atomic mass is 10.1. The van der Waals surface area contributed by atoms with Crippen LogP contribution in [0.25, 0.3) is 0 Å². The highest BCUT2D eigenvalue weighted by atomic mass is 32.2. The molecule has 1 aliphatic heterocycles. The molecule has 0 unspecified atom stereocenters. The first kappa shape index (κ1) is 23.9. The molecule has 1 N–H and O–H groups in total. The van der Waals surface area contributed by atoms with Crippen LogP contribution in [0.5, 0.6) is 0 Å². The Hall–Kier alpha value is -2.75. The summed E-state index contributed by atoms with van der Waals surface area (Å²) in [7, 11) is -0.639. The normalized spacial score (nSPS) is 15.1. The minimum atomic E-state index is -3.57. The maximum absolute atomic E-state index is 12.6. The highest BCUT2D eigenvalue weighted by molar-refractivity contribution is 7.89. The molecule has 0 saturated carbocycles. The summed E-state index contributed by atoms with van der Waals surface area (Å²) in [6.07, 6.45) is 0.382. The highest BCUT2D eigenvalue weighted by Crippen LogP contribution is 2.18. The Kier molecular flexibility index (Phi) is 7.65. The zero-order valence-corrected chi connectivity index (χ0v) is 19.6. The van der Waals surface area contributed by atoms with Crippen molar-refractivity contribution >= 4 is 27.5 Å². The summed E-state index contributed by atoms with van der Waals surface area (Å²) in [5.41, 5.74) is 2.60. The lowest BCUT2D eigenvalue weighted by Crippen LogP contribution is -2.50. The number of sulfonamides is 1. The predicted molar refractivity (Wildman–Crippen MR) is 124 cm³/mol. The fraction of sp³-hybridized carbons (Fsp3) is 0.391. The number of piperazine rings is 1. The minimum Gasteiger partial charge on any atom is -0.340 e. The maximum atomic E-state index is 12.6. The largest absolute Gasteiger partial charge is 0.340 e. The van der Waals surface area contributed by atoms with Crippen LogP contribution >= 0.6 is 0 Å². The number of carbonyl (C=O) groups is 2. The van der Waals surface area contributed by atoms with Crippen LogP contribution in [0, 0.1) is 6.92 Å². The molecule has 3 rings (SSSR count). The molecule has 2 aromatic carbocycles. The van der Waals surface area contributed by atoms with E-state index in [0.29, 0.717) is 38.3 Å². The van der Waals surface area contributed by atoms with Gasteiger partial charge in [0.2, 0.25) is 21.8 Å². The van der Waals surface area contributed by atoms with Crippen molar-refractivity contribution in [1.82, 2.24) is 14.1 Å². The zero-order chi connectivity index (χ0) is 23.3. The number of rotatable bonds is 7. The highest BCUT2D eigenvalue weighted by Gasteiger charge is 2.23. The van der Waals surface area contributed by atoms with Gasteiger partial charge in [-0.25, -0.2) is 12.7 Å². The molecule has 0 aliphatic carbocycles. The molecule has 2 aromatic rings. The molecule has 1 saturated heterocycles. The van der Waals surface area contributed by atoms with E-state index in [2.05, 4.69) is 5.32 Å². The average molecular weight is 459 g/mol. The van der Waals surface area contributed by atoms with Crippen molar-refractivity contribution < 1.29 is 18.0 Å². The van der Waals surface area contributed by atoms with Gasteiger partial charge < -0.3 is 10.2 Å². The van der Waals surface area contributed by atoms with Crippen molar-refractivity contribution in [1.29, 1.82) is 0 Å². The van der Waals surface area contributed by atoms with Crippen LogP contribution < -0.4 is 5.32 Å². The standard InChI is InChI=1S/C23H30N4O4S/c1-18-7-9-19(10-8-18)15-23(29)27-13-11-26(12-14-27)17-22(28)24-20-5-4-6-21(16-20)32(30,31)25(2)3/h4-10,16H,11-15,17H2,1-3H3,(H,24,28). The molecular formula is C23H30N4O4S. The van der Waals surface area contributed by atoms with Gasteiger partial charge in [0.15, 0.2) is 0 Å². The summed E-state index contributed by atoms with van der Waals surface area (Å²) in [5, 5.41) is 2.77. The Morgan fingerprint density at radius 1 is 1.00 bits per heavy atom. The molecule has 8 nitrogen and oxygen atoms in total. The van der Waals surface area contributed by atoms with Gasteiger partial charge in [0, 0.05) is 46.0 Å². The molecular weight excluding hydrogens is 428 g/mol. The number of hydrogen-bond acceptors (Lipinski definition) is 5. The Labute approximate surface area is 189 Å². The zero-order valence-electron chi connectivity index (χ0n) is 18.7. The first-order valence-corrected chi connectivity index (χ1v) is 12.0. The number of aryl methyl sites for hydroxylation is 1. The maximum Gasteiger partial charge on any atom is 0.242 e. The summed E-state index contributed by atoms with van der Waals surface area (Å²) in [6, 6.07) is 14.2. The van der Waals surface area contributed by atoms with E-state index < -0.39 is 10.0 Å². The van der Waals surface area contributed by atoms with E-state index in [4.69, 9.17) is 0 Å². The lowest BCUT2D eigenvalue weighted by molar-refractivity contribution is -0.132. The number of hydrogen-bond donors (Lipinski definition) is 1. The Morgan fingerprint density at radius 3 is 2.28 bits per heavy atom. The van der Waals surface area contributed by atoms with E-state index in [9.17, 15) is 18.0 Å². The predicted octanol–water partition coefficient (Wildman–Crippen LogP) is 1.57. The number of anilines is 1. The molecule has 1 fully saturated rings. The second kappa shape index (κ2) is 10.2. The van der Waals surface area contributed by atoms with Gasteiger partial charge in [0.25, 0.3) is 0 Å². The third kappa shape index (κ3) is 6.15. The molecule has 1 heterocycles. The fourth-order valence-electron chi connectivity index (χ4n) is 3.50. The van der Waals surface area contributed by atoms with E-state index in [0.717, 1.165) is 9.87 Å².